The molecule has 24 heavy (non-hydrogen) atoms. The van der Waals surface area contributed by atoms with Crippen molar-refractivity contribution in [2.75, 3.05) is 10.9 Å². The van der Waals surface area contributed by atoms with Crippen LogP contribution in [0.5, 0.6) is 0 Å². The highest BCUT2D eigenvalue weighted by Crippen LogP contribution is 2.34. The van der Waals surface area contributed by atoms with Crippen molar-refractivity contribution in [3.8, 4) is 10.6 Å². The van der Waals surface area contributed by atoms with Crippen LogP contribution in [0, 0.1) is 0 Å². The molecule has 0 saturated carbocycles. The SMILES string of the molecule is NC(=O)c1c(-c2cccs2)noc1N(CCl)C(=O)c1ccccc1. The normalized spacial score (nSPS) is 10.5. The lowest BCUT2D eigenvalue weighted by Gasteiger charge is -2.17. The van der Waals surface area contributed by atoms with Crippen LogP contribution in [0.1, 0.15) is 20.7 Å². The van der Waals surface area contributed by atoms with E-state index in [4.69, 9.17) is 21.9 Å². The second-order valence-electron chi connectivity index (χ2n) is 4.77. The van der Waals surface area contributed by atoms with Crippen molar-refractivity contribution in [3.05, 3.63) is 59.0 Å². The minimum Gasteiger partial charge on any atom is -0.365 e. The topological polar surface area (TPSA) is 89.4 Å². The number of rotatable bonds is 5. The van der Waals surface area contributed by atoms with Gasteiger partial charge in [-0.15, -0.1) is 22.9 Å². The molecular formula is C16H12ClN3O3S. The molecule has 0 aliphatic carbocycles. The largest absolute Gasteiger partial charge is 0.365 e. The number of nitrogens with zero attached hydrogens (tertiary/aromatic N) is 2. The summed E-state index contributed by atoms with van der Waals surface area (Å²) in [5.74, 6) is -1.22. The van der Waals surface area contributed by atoms with Gasteiger partial charge in [0.2, 0.25) is 5.88 Å². The van der Waals surface area contributed by atoms with E-state index in [2.05, 4.69) is 5.16 Å². The van der Waals surface area contributed by atoms with Crippen molar-refractivity contribution in [1.82, 2.24) is 5.16 Å². The van der Waals surface area contributed by atoms with E-state index in [9.17, 15) is 9.59 Å². The van der Waals surface area contributed by atoms with Gasteiger partial charge < -0.3 is 10.3 Å². The van der Waals surface area contributed by atoms with Crippen molar-refractivity contribution < 1.29 is 14.1 Å². The number of carbonyl (C=O) groups is 2. The quantitative estimate of drug-likeness (QED) is 0.557. The van der Waals surface area contributed by atoms with Crippen LogP contribution < -0.4 is 10.6 Å². The molecule has 0 radical (unpaired) electrons. The molecule has 0 atom stereocenters. The van der Waals surface area contributed by atoms with Gasteiger partial charge in [0.15, 0.2) is 0 Å². The van der Waals surface area contributed by atoms with Gasteiger partial charge in [-0.05, 0) is 23.6 Å². The zero-order valence-corrected chi connectivity index (χ0v) is 13.9. The summed E-state index contributed by atoms with van der Waals surface area (Å²) in [4.78, 5) is 26.4. The van der Waals surface area contributed by atoms with Crippen molar-refractivity contribution in [1.29, 1.82) is 0 Å². The monoisotopic (exact) mass is 361 g/mol. The van der Waals surface area contributed by atoms with Gasteiger partial charge in [-0.1, -0.05) is 29.4 Å². The van der Waals surface area contributed by atoms with E-state index < -0.39 is 11.8 Å². The molecule has 1 aromatic carbocycles. The van der Waals surface area contributed by atoms with Gasteiger partial charge in [-0.2, -0.15) is 0 Å². The predicted molar refractivity (Wildman–Crippen MR) is 92.3 cm³/mol. The van der Waals surface area contributed by atoms with Crippen LogP contribution in [-0.4, -0.2) is 23.0 Å². The lowest BCUT2D eigenvalue weighted by atomic mass is 10.1. The molecule has 2 aromatic heterocycles. The smallest absolute Gasteiger partial charge is 0.261 e. The van der Waals surface area contributed by atoms with Gasteiger partial charge >= 0.3 is 0 Å². The van der Waals surface area contributed by atoms with Gasteiger partial charge in [0.05, 0.1) is 4.88 Å². The Bertz CT molecular complexity index is 862. The highest BCUT2D eigenvalue weighted by Gasteiger charge is 2.30. The van der Waals surface area contributed by atoms with Crippen LogP contribution in [0.2, 0.25) is 0 Å². The number of thiophene rings is 1. The lowest BCUT2D eigenvalue weighted by molar-refractivity contribution is 0.0985. The maximum atomic E-state index is 12.7. The van der Waals surface area contributed by atoms with Crippen LogP contribution in [-0.2, 0) is 0 Å². The maximum absolute atomic E-state index is 12.7. The minimum absolute atomic E-state index is 0.0300. The highest BCUT2D eigenvalue weighted by atomic mass is 35.5. The first-order valence-electron chi connectivity index (χ1n) is 6.89. The van der Waals surface area contributed by atoms with E-state index in [1.807, 2.05) is 11.4 Å². The third-order valence-electron chi connectivity index (χ3n) is 3.31. The molecule has 3 aromatic rings. The molecule has 0 fully saturated rings. The first kappa shape index (κ1) is 16.2. The molecule has 0 spiro atoms. The minimum atomic E-state index is -0.745. The van der Waals surface area contributed by atoms with Gasteiger partial charge in [-0.25, -0.2) is 0 Å². The van der Waals surface area contributed by atoms with Crippen molar-refractivity contribution >= 4 is 40.6 Å². The third-order valence-corrected chi connectivity index (χ3v) is 4.42. The Labute approximate surface area is 146 Å². The number of benzene rings is 1. The Morgan fingerprint density at radius 1 is 1.21 bits per heavy atom. The Balaban J connectivity index is 2.07. The molecule has 2 heterocycles. The van der Waals surface area contributed by atoms with E-state index in [-0.39, 0.29) is 17.5 Å². The fourth-order valence-corrected chi connectivity index (χ4v) is 3.14. The maximum Gasteiger partial charge on any atom is 0.261 e. The molecule has 0 aliphatic rings. The van der Waals surface area contributed by atoms with Crippen LogP contribution >= 0.6 is 22.9 Å². The second-order valence-corrected chi connectivity index (χ2v) is 5.96. The molecular weight excluding hydrogens is 350 g/mol. The first-order valence-corrected chi connectivity index (χ1v) is 8.31. The van der Waals surface area contributed by atoms with Gasteiger partial charge in [0, 0.05) is 5.56 Å². The van der Waals surface area contributed by atoms with E-state index >= 15 is 0 Å². The highest BCUT2D eigenvalue weighted by molar-refractivity contribution is 7.13. The van der Waals surface area contributed by atoms with E-state index in [1.165, 1.54) is 11.3 Å². The van der Waals surface area contributed by atoms with E-state index in [0.717, 1.165) is 4.90 Å². The van der Waals surface area contributed by atoms with Crippen molar-refractivity contribution in [2.45, 2.75) is 0 Å². The summed E-state index contributed by atoms with van der Waals surface area (Å²) in [6, 6.07) is 11.9. The summed E-state index contributed by atoms with van der Waals surface area (Å²) in [7, 11) is 0. The lowest BCUT2D eigenvalue weighted by Crippen LogP contribution is -2.31. The third kappa shape index (κ3) is 2.91. The van der Waals surface area contributed by atoms with E-state index in [1.54, 1.807) is 36.4 Å². The summed E-state index contributed by atoms with van der Waals surface area (Å²) in [6.45, 7) is 0. The molecule has 0 saturated heterocycles. The van der Waals surface area contributed by atoms with Crippen LogP contribution in [0.4, 0.5) is 5.88 Å². The molecule has 122 valence electrons. The number of hydrogen-bond acceptors (Lipinski definition) is 5. The molecule has 8 heteroatoms. The van der Waals surface area contributed by atoms with Crippen molar-refractivity contribution in [3.63, 3.8) is 0 Å². The summed E-state index contributed by atoms with van der Waals surface area (Å²) in [6.07, 6.45) is 0. The fraction of sp³-hybridized carbons (Fsp3) is 0.0625. The Morgan fingerprint density at radius 2 is 1.96 bits per heavy atom. The Kier molecular flexibility index (Phi) is 4.64. The summed E-state index contributed by atoms with van der Waals surface area (Å²) < 4.78 is 5.25. The number of amides is 2. The number of alkyl halides is 1. The average Bonchev–Trinajstić information content (AvgIpc) is 3.25. The zero-order valence-electron chi connectivity index (χ0n) is 12.3. The van der Waals surface area contributed by atoms with Gasteiger partial charge in [-0.3, -0.25) is 14.5 Å². The Hall–Kier alpha value is -2.64. The van der Waals surface area contributed by atoms with Gasteiger partial charge in [0.1, 0.15) is 17.3 Å². The standard InChI is InChI=1S/C16H12ClN3O3S/c17-9-20(15(22)10-5-2-1-3-6-10)16-12(14(18)21)13(19-23-16)11-7-4-8-24-11/h1-8H,9H2,(H2,18,21). The molecule has 6 nitrogen and oxygen atoms in total. The Morgan fingerprint density at radius 3 is 2.54 bits per heavy atom. The summed E-state index contributed by atoms with van der Waals surface area (Å²) in [5.41, 5.74) is 6.21. The van der Waals surface area contributed by atoms with Gasteiger partial charge in [0.25, 0.3) is 11.8 Å². The number of carbonyl (C=O) groups excluding carboxylic acids is 2. The molecule has 2 amide bonds. The molecule has 3 rings (SSSR count). The molecule has 0 aliphatic heterocycles. The number of anilines is 1. The van der Waals surface area contributed by atoms with Crippen molar-refractivity contribution in [2.24, 2.45) is 5.73 Å². The first-order chi connectivity index (χ1) is 11.6. The average molecular weight is 362 g/mol. The number of primary amides is 1. The summed E-state index contributed by atoms with van der Waals surface area (Å²) in [5, 5.41) is 5.74. The zero-order chi connectivity index (χ0) is 17.1. The van der Waals surface area contributed by atoms with Crippen LogP contribution in [0.3, 0.4) is 0 Å². The molecule has 2 N–H and O–H groups in total. The van der Waals surface area contributed by atoms with Crippen LogP contribution in [0.25, 0.3) is 10.6 Å². The second kappa shape index (κ2) is 6.86. The number of nitrogens with two attached hydrogens (primary N) is 1. The predicted octanol–water partition coefficient (Wildman–Crippen LogP) is 3.35. The molecule has 0 unspecified atom stereocenters. The number of hydrogen-bond donors (Lipinski definition) is 1. The van der Waals surface area contributed by atoms with E-state index in [0.29, 0.717) is 16.1 Å². The number of halogens is 1. The number of aromatic nitrogens is 1. The van der Waals surface area contributed by atoms with Crippen LogP contribution in [0.15, 0.2) is 52.4 Å². The molecule has 0 bridgehead atoms. The summed E-state index contributed by atoms with van der Waals surface area (Å²) >= 11 is 7.30. The fourth-order valence-electron chi connectivity index (χ4n) is 2.21.